The van der Waals surface area contributed by atoms with E-state index in [9.17, 15) is 13.2 Å². The second-order valence-electron chi connectivity index (χ2n) is 5.83. The van der Waals surface area contributed by atoms with Crippen molar-refractivity contribution in [3.63, 3.8) is 0 Å². The van der Waals surface area contributed by atoms with Crippen molar-refractivity contribution in [3.05, 3.63) is 48.5 Å². The van der Waals surface area contributed by atoms with Gasteiger partial charge in [-0.2, -0.15) is 4.31 Å². The van der Waals surface area contributed by atoms with Crippen LogP contribution >= 0.6 is 0 Å². The van der Waals surface area contributed by atoms with Gasteiger partial charge in [-0.05, 0) is 43.3 Å². The molecule has 0 unspecified atom stereocenters. The summed E-state index contributed by atoms with van der Waals surface area (Å²) in [5, 5.41) is 2.74. The van der Waals surface area contributed by atoms with Crippen LogP contribution in [0.2, 0.25) is 0 Å². The van der Waals surface area contributed by atoms with E-state index in [2.05, 4.69) is 5.32 Å². The van der Waals surface area contributed by atoms with Crippen molar-refractivity contribution in [2.45, 2.75) is 25.7 Å². The predicted molar refractivity (Wildman–Crippen MR) is 108 cm³/mol. The van der Waals surface area contributed by atoms with Crippen LogP contribution in [0.15, 0.2) is 53.4 Å². The van der Waals surface area contributed by atoms with Gasteiger partial charge in [0.25, 0.3) is 5.91 Å². The quantitative estimate of drug-likeness (QED) is 0.655. The lowest BCUT2D eigenvalue weighted by molar-refractivity contribution is -0.118. The van der Waals surface area contributed by atoms with Crippen LogP contribution in [0.1, 0.15) is 20.8 Å². The summed E-state index contributed by atoms with van der Waals surface area (Å²) in [6.07, 6.45) is 0. The lowest BCUT2D eigenvalue weighted by Crippen LogP contribution is -2.30. The number of sulfonamides is 1. The van der Waals surface area contributed by atoms with Crippen molar-refractivity contribution in [2.24, 2.45) is 0 Å². The Hall–Kier alpha value is -2.58. The van der Waals surface area contributed by atoms with Crippen molar-refractivity contribution < 1.29 is 22.7 Å². The summed E-state index contributed by atoms with van der Waals surface area (Å²) in [7, 11) is -3.52. The van der Waals surface area contributed by atoms with E-state index in [1.54, 1.807) is 32.0 Å². The third kappa shape index (κ3) is 5.46. The Labute approximate surface area is 166 Å². The second-order valence-corrected chi connectivity index (χ2v) is 7.76. The number of amides is 1. The van der Waals surface area contributed by atoms with Crippen molar-refractivity contribution in [1.82, 2.24) is 4.31 Å². The first-order chi connectivity index (χ1) is 13.4. The van der Waals surface area contributed by atoms with Gasteiger partial charge in [0.05, 0.1) is 17.2 Å². The number of benzene rings is 2. The maximum Gasteiger partial charge on any atom is 0.262 e. The average Bonchev–Trinajstić information content (AvgIpc) is 2.69. The van der Waals surface area contributed by atoms with Crippen LogP contribution in [-0.4, -0.2) is 44.9 Å². The molecule has 28 heavy (non-hydrogen) atoms. The number of carbonyl (C=O) groups is 1. The monoisotopic (exact) mass is 406 g/mol. The molecule has 0 aliphatic carbocycles. The molecule has 0 bridgehead atoms. The molecular weight excluding hydrogens is 380 g/mol. The summed E-state index contributed by atoms with van der Waals surface area (Å²) in [6.45, 7) is 6.54. The van der Waals surface area contributed by atoms with E-state index in [1.165, 1.54) is 28.6 Å². The van der Waals surface area contributed by atoms with Crippen LogP contribution in [0.4, 0.5) is 5.69 Å². The Morgan fingerprint density at radius 2 is 1.61 bits per heavy atom. The lowest BCUT2D eigenvalue weighted by atomic mass is 10.3. The highest BCUT2D eigenvalue weighted by atomic mass is 32.2. The van der Waals surface area contributed by atoms with Crippen LogP contribution in [0.25, 0.3) is 0 Å². The van der Waals surface area contributed by atoms with Crippen molar-refractivity contribution >= 4 is 21.6 Å². The van der Waals surface area contributed by atoms with E-state index in [1.807, 2.05) is 13.0 Å². The van der Waals surface area contributed by atoms with Crippen molar-refractivity contribution in [3.8, 4) is 11.5 Å². The minimum Gasteiger partial charge on any atom is -0.492 e. The molecule has 0 fully saturated rings. The predicted octanol–water partition coefficient (Wildman–Crippen LogP) is 3.13. The Morgan fingerprint density at radius 3 is 2.21 bits per heavy atom. The number of nitrogens with zero attached hydrogens (tertiary/aromatic N) is 1. The van der Waals surface area contributed by atoms with E-state index in [4.69, 9.17) is 9.47 Å². The van der Waals surface area contributed by atoms with E-state index >= 15 is 0 Å². The normalized spacial score (nSPS) is 11.3. The van der Waals surface area contributed by atoms with Gasteiger partial charge in [0.15, 0.2) is 6.61 Å². The molecule has 2 rings (SSSR count). The van der Waals surface area contributed by atoms with Gasteiger partial charge in [-0.25, -0.2) is 8.42 Å². The van der Waals surface area contributed by atoms with Gasteiger partial charge < -0.3 is 14.8 Å². The zero-order valence-corrected chi connectivity index (χ0v) is 17.2. The molecule has 1 amide bonds. The third-order valence-electron chi connectivity index (χ3n) is 4.00. The van der Waals surface area contributed by atoms with Crippen molar-refractivity contribution in [1.29, 1.82) is 0 Å². The highest BCUT2D eigenvalue weighted by Gasteiger charge is 2.21. The highest BCUT2D eigenvalue weighted by Crippen LogP contribution is 2.24. The number of ether oxygens (including phenoxy) is 2. The molecule has 2 aromatic rings. The molecular formula is C20H26N2O5S. The smallest absolute Gasteiger partial charge is 0.262 e. The Morgan fingerprint density at radius 1 is 0.964 bits per heavy atom. The average molecular weight is 407 g/mol. The molecule has 0 radical (unpaired) electrons. The maximum absolute atomic E-state index is 12.5. The summed E-state index contributed by atoms with van der Waals surface area (Å²) in [5.74, 6) is 0.656. The molecule has 0 saturated carbocycles. The first-order valence-corrected chi connectivity index (χ1v) is 10.6. The van der Waals surface area contributed by atoms with E-state index < -0.39 is 10.0 Å². The topological polar surface area (TPSA) is 84.9 Å². The van der Waals surface area contributed by atoms with E-state index in [0.717, 1.165) is 0 Å². The number of nitrogens with one attached hydrogen (secondary N) is 1. The molecule has 8 heteroatoms. The van der Waals surface area contributed by atoms with Gasteiger partial charge in [0.1, 0.15) is 11.5 Å². The lowest BCUT2D eigenvalue weighted by Gasteiger charge is -2.18. The van der Waals surface area contributed by atoms with Gasteiger partial charge in [0.2, 0.25) is 10.0 Å². The fraction of sp³-hybridized carbons (Fsp3) is 0.350. The minimum atomic E-state index is -3.52. The van der Waals surface area contributed by atoms with Crippen LogP contribution in [0.5, 0.6) is 11.5 Å². The molecule has 1 N–H and O–H groups in total. The summed E-state index contributed by atoms with van der Waals surface area (Å²) in [6, 6.07) is 13.2. The highest BCUT2D eigenvalue weighted by molar-refractivity contribution is 7.89. The zero-order chi connectivity index (χ0) is 20.6. The molecule has 0 aromatic heterocycles. The van der Waals surface area contributed by atoms with Gasteiger partial charge in [0, 0.05) is 13.1 Å². The van der Waals surface area contributed by atoms with E-state index in [0.29, 0.717) is 36.9 Å². The summed E-state index contributed by atoms with van der Waals surface area (Å²) < 4.78 is 37.2. The zero-order valence-electron chi connectivity index (χ0n) is 16.3. The number of para-hydroxylation sites is 2. The Balaban J connectivity index is 1.97. The molecule has 2 aromatic carbocycles. The maximum atomic E-state index is 12.5. The molecule has 0 aliphatic rings. The fourth-order valence-electron chi connectivity index (χ4n) is 2.61. The largest absolute Gasteiger partial charge is 0.492 e. The molecule has 0 saturated heterocycles. The standard InChI is InChI=1S/C20H26N2O5S/c1-4-22(5-2)28(24,25)17-13-11-16(12-14-17)27-15-20(23)21-18-9-7-8-10-19(18)26-6-3/h7-14H,4-6,15H2,1-3H3,(H,21,23). The SMILES string of the molecule is CCOc1ccccc1NC(=O)COc1ccc(S(=O)(=O)N(CC)CC)cc1. The van der Waals surface area contributed by atoms with Crippen LogP contribution < -0.4 is 14.8 Å². The molecule has 0 atom stereocenters. The summed E-state index contributed by atoms with van der Waals surface area (Å²) in [5.41, 5.74) is 0.568. The molecule has 7 nitrogen and oxygen atoms in total. The minimum absolute atomic E-state index is 0.193. The van der Waals surface area contributed by atoms with Crippen LogP contribution in [0, 0.1) is 0 Å². The Bertz CT molecular complexity index is 878. The summed E-state index contributed by atoms with van der Waals surface area (Å²) in [4.78, 5) is 12.3. The van der Waals surface area contributed by atoms with E-state index in [-0.39, 0.29) is 17.4 Å². The van der Waals surface area contributed by atoms with Gasteiger partial charge >= 0.3 is 0 Å². The number of hydrogen-bond donors (Lipinski definition) is 1. The molecule has 0 spiro atoms. The molecule has 0 heterocycles. The number of rotatable bonds is 10. The number of carbonyl (C=O) groups excluding carboxylic acids is 1. The number of hydrogen-bond acceptors (Lipinski definition) is 5. The van der Waals surface area contributed by atoms with Crippen molar-refractivity contribution in [2.75, 3.05) is 31.6 Å². The van der Waals surface area contributed by atoms with Crippen LogP contribution in [0.3, 0.4) is 0 Å². The fourth-order valence-corrected chi connectivity index (χ4v) is 4.06. The summed E-state index contributed by atoms with van der Waals surface area (Å²) >= 11 is 0. The first-order valence-electron chi connectivity index (χ1n) is 9.17. The van der Waals surface area contributed by atoms with Gasteiger partial charge in [-0.3, -0.25) is 4.79 Å². The molecule has 0 aliphatic heterocycles. The van der Waals surface area contributed by atoms with Crippen LogP contribution in [-0.2, 0) is 14.8 Å². The van der Waals surface area contributed by atoms with Gasteiger partial charge in [-0.1, -0.05) is 26.0 Å². The Kier molecular flexibility index (Phi) is 7.83. The molecule has 152 valence electrons. The number of anilines is 1. The third-order valence-corrected chi connectivity index (χ3v) is 6.06. The second kappa shape index (κ2) is 10.1. The first kappa shape index (κ1) is 21.7. The van der Waals surface area contributed by atoms with Gasteiger partial charge in [-0.15, -0.1) is 0 Å².